The molecule has 0 rings (SSSR count). The highest BCUT2D eigenvalue weighted by atomic mass is 31.2. The maximum Gasteiger partial charge on any atom is 0.472 e. The summed E-state index contributed by atoms with van der Waals surface area (Å²) in [5.41, 5.74) is 0. The summed E-state index contributed by atoms with van der Waals surface area (Å²) < 4.78 is 68.2. The Morgan fingerprint density at radius 3 is 0.773 bits per heavy atom. The van der Waals surface area contributed by atoms with Crippen molar-refractivity contribution in [3.63, 3.8) is 0 Å². The second-order valence-electron chi connectivity index (χ2n) is 26.3. The normalized spacial score (nSPS) is 14.2. The van der Waals surface area contributed by atoms with Gasteiger partial charge in [0.2, 0.25) is 0 Å². The predicted octanol–water partition coefficient (Wildman–Crippen LogP) is 19.5. The van der Waals surface area contributed by atoms with Crippen LogP contribution in [0.4, 0.5) is 0 Å². The zero-order valence-corrected chi connectivity index (χ0v) is 59.0. The third-order valence-electron chi connectivity index (χ3n) is 15.9. The van der Waals surface area contributed by atoms with Crippen molar-refractivity contribution in [3.05, 3.63) is 0 Å². The van der Waals surface area contributed by atoms with E-state index in [9.17, 15) is 43.2 Å². The lowest BCUT2D eigenvalue weighted by Crippen LogP contribution is -2.30. The van der Waals surface area contributed by atoms with Crippen molar-refractivity contribution in [2.45, 2.75) is 362 Å². The van der Waals surface area contributed by atoms with E-state index in [1.54, 1.807) is 0 Å². The van der Waals surface area contributed by atoms with Crippen LogP contribution in [0.5, 0.6) is 0 Å². The van der Waals surface area contributed by atoms with Gasteiger partial charge in [-0.2, -0.15) is 0 Å². The second-order valence-corrected chi connectivity index (χ2v) is 29.3. The van der Waals surface area contributed by atoms with Gasteiger partial charge in [0, 0.05) is 25.7 Å². The van der Waals surface area contributed by atoms with Crippen LogP contribution in [-0.2, 0) is 65.4 Å². The van der Waals surface area contributed by atoms with Crippen LogP contribution in [0, 0.1) is 17.8 Å². The van der Waals surface area contributed by atoms with Crippen LogP contribution in [0.2, 0.25) is 0 Å². The lowest BCUT2D eigenvalue weighted by Gasteiger charge is -2.21. The summed E-state index contributed by atoms with van der Waals surface area (Å²) >= 11 is 0. The molecule has 522 valence electrons. The van der Waals surface area contributed by atoms with Crippen LogP contribution in [0.15, 0.2) is 0 Å². The van der Waals surface area contributed by atoms with Crippen LogP contribution < -0.4 is 0 Å². The molecule has 17 nitrogen and oxygen atoms in total. The third-order valence-corrected chi connectivity index (χ3v) is 17.8. The molecule has 3 N–H and O–H groups in total. The second kappa shape index (κ2) is 60.0. The number of unbranched alkanes of at least 4 members (excludes halogenated alkanes) is 35. The van der Waals surface area contributed by atoms with Gasteiger partial charge in [-0.25, -0.2) is 9.13 Å². The van der Waals surface area contributed by atoms with E-state index in [0.29, 0.717) is 31.6 Å². The number of esters is 4. The number of phosphoric ester groups is 2. The van der Waals surface area contributed by atoms with Gasteiger partial charge in [-0.05, 0) is 43.4 Å². The maximum absolute atomic E-state index is 13.0. The van der Waals surface area contributed by atoms with Crippen LogP contribution in [-0.4, -0.2) is 96.7 Å². The minimum atomic E-state index is -4.95. The molecule has 2 unspecified atom stereocenters. The van der Waals surface area contributed by atoms with Gasteiger partial charge in [0.15, 0.2) is 12.2 Å². The molecule has 0 saturated carbocycles. The SMILES string of the molecule is CCCCCCCCCCCCCCC(=O)OC[C@H](COP(=O)(O)OC[C@@H](O)COP(=O)(O)OC[C@@H](COC(=O)CCCCCCCCC(C)C)OC(=O)CCCCCCCCCCC(C)C)OC(=O)CCCCCCCCCCCCCCCC(C)C. The zero-order chi connectivity index (χ0) is 65.2. The molecule has 19 heteroatoms. The van der Waals surface area contributed by atoms with E-state index in [1.165, 1.54) is 148 Å². The molecular formula is C69H134O17P2. The Labute approximate surface area is 537 Å². The maximum atomic E-state index is 13.0. The van der Waals surface area contributed by atoms with E-state index in [1.807, 2.05) is 0 Å². The molecule has 0 aliphatic heterocycles. The van der Waals surface area contributed by atoms with Crippen molar-refractivity contribution in [2.75, 3.05) is 39.6 Å². The Hall–Kier alpha value is -1.94. The van der Waals surface area contributed by atoms with E-state index in [-0.39, 0.29) is 25.7 Å². The number of aliphatic hydroxyl groups is 1. The van der Waals surface area contributed by atoms with E-state index in [0.717, 1.165) is 108 Å². The molecule has 5 atom stereocenters. The summed E-state index contributed by atoms with van der Waals surface area (Å²) in [5, 5.41) is 10.6. The Morgan fingerprint density at radius 1 is 0.307 bits per heavy atom. The molecule has 0 saturated heterocycles. The fraction of sp³-hybridized carbons (Fsp3) is 0.942. The van der Waals surface area contributed by atoms with Crippen LogP contribution >= 0.6 is 15.6 Å². The van der Waals surface area contributed by atoms with Crippen LogP contribution in [0.3, 0.4) is 0 Å². The van der Waals surface area contributed by atoms with Gasteiger partial charge in [0.1, 0.15) is 19.3 Å². The van der Waals surface area contributed by atoms with E-state index < -0.39 is 97.5 Å². The Kier molecular flexibility index (Phi) is 58.7. The van der Waals surface area contributed by atoms with Gasteiger partial charge in [-0.15, -0.1) is 0 Å². The summed E-state index contributed by atoms with van der Waals surface area (Å²) in [6.45, 7) is 11.7. The van der Waals surface area contributed by atoms with Gasteiger partial charge in [0.25, 0.3) is 0 Å². The standard InChI is InChI=1S/C69H134O17P2/c1-8-9-10-11-12-13-14-19-22-28-36-43-50-66(71)79-56-64(85-68(73)52-45-38-29-23-20-17-15-16-18-21-26-33-40-47-60(2)3)58-83-87(75,76)81-54-63(70)55-82-88(77,78)84-59-65(57-80-67(72)51-44-37-32-31-35-42-49-62(6)7)86-69(74)53-46-39-30-25-24-27-34-41-48-61(4)5/h60-65,70H,8-59H2,1-7H3,(H,75,76)(H,77,78)/t63-,64-,65-/m1/s1. The first-order valence-electron chi connectivity index (χ1n) is 35.8. The molecule has 0 spiro atoms. The average molecular weight is 1300 g/mol. The molecule has 0 aliphatic rings. The predicted molar refractivity (Wildman–Crippen MR) is 354 cm³/mol. The van der Waals surface area contributed by atoms with Crippen molar-refractivity contribution in [1.29, 1.82) is 0 Å². The van der Waals surface area contributed by atoms with Crippen molar-refractivity contribution < 1.29 is 80.2 Å². The smallest absolute Gasteiger partial charge is 0.462 e. The molecule has 0 fully saturated rings. The Morgan fingerprint density at radius 2 is 0.523 bits per heavy atom. The number of carbonyl (C=O) groups excluding carboxylic acids is 4. The van der Waals surface area contributed by atoms with Gasteiger partial charge < -0.3 is 33.8 Å². The van der Waals surface area contributed by atoms with E-state index >= 15 is 0 Å². The first-order valence-corrected chi connectivity index (χ1v) is 38.8. The molecule has 0 aromatic carbocycles. The van der Waals surface area contributed by atoms with Crippen molar-refractivity contribution in [1.82, 2.24) is 0 Å². The lowest BCUT2D eigenvalue weighted by molar-refractivity contribution is -0.161. The van der Waals surface area contributed by atoms with Crippen LogP contribution in [0.25, 0.3) is 0 Å². The summed E-state index contributed by atoms with van der Waals surface area (Å²) in [6.07, 6.45) is 43.2. The summed E-state index contributed by atoms with van der Waals surface area (Å²) in [5.74, 6) is 0.0541. The van der Waals surface area contributed by atoms with Gasteiger partial charge >= 0.3 is 39.5 Å². The quantitative estimate of drug-likeness (QED) is 0.0222. The van der Waals surface area contributed by atoms with Crippen LogP contribution in [0.1, 0.15) is 344 Å². The zero-order valence-electron chi connectivity index (χ0n) is 57.2. The average Bonchev–Trinajstić information content (AvgIpc) is 3.69. The summed E-state index contributed by atoms with van der Waals surface area (Å²) in [6, 6.07) is 0. The number of hydrogen-bond acceptors (Lipinski definition) is 15. The highest BCUT2D eigenvalue weighted by Gasteiger charge is 2.30. The van der Waals surface area contributed by atoms with Gasteiger partial charge in [-0.3, -0.25) is 37.3 Å². The van der Waals surface area contributed by atoms with Gasteiger partial charge in [0.05, 0.1) is 26.4 Å². The highest BCUT2D eigenvalue weighted by molar-refractivity contribution is 7.47. The molecule has 0 heterocycles. The molecule has 0 amide bonds. The highest BCUT2D eigenvalue weighted by Crippen LogP contribution is 2.45. The van der Waals surface area contributed by atoms with E-state index in [4.69, 9.17) is 37.0 Å². The number of phosphoric acid groups is 2. The van der Waals surface area contributed by atoms with Gasteiger partial charge in [-0.1, -0.05) is 292 Å². The summed E-state index contributed by atoms with van der Waals surface area (Å²) in [4.78, 5) is 72.4. The molecule has 0 aliphatic carbocycles. The molecule has 0 radical (unpaired) electrons. The number of carbonyl (C=O) groups is 4. The Bertz CT molecular complexity index is 1730. The minimum Gasteiger partial charge on any atom is -0.462 e. The largest absolute Gasteiger partial charge is 0.472 e. The van der Waals surface area contributed by atoms with Crippen molar-refractivity contribution in [3.8, 4) is 0 Å². The molecule has 0 aromatic heterocycles. The molecule has 0 bridgehead atoms. The first kappa shape index (κ1) is 86.1. The number of aliphatic hydroxyl groups excluding tert-OH is 1. The van der Waals surface area contributed by atoms with Crippen molar-refractivity contribution >= 4 is 39.5 Å². The fourth-order valence-electron chi connectivity index (χ4n) is 10.4. The van der Waals surface area contributed by atoms with E-state index in [2.05, 4.69) is 48.5 Å². The lowest BCUT2D eigenvalue weighted by atomic mass is 10.0. The summed E-state index contributed by atoms with van der Waals surface area (Å²) in [7, 11) is -9.90. The first-order chi connectivity index (χ1) is 42.2. The van der Waals surface area contributed by atoms with Crippen molar-refractivity contribution in [2.24, 2.45) is 17.8 Å². The monoisotopic (exact) mass is 1300 g/mol. The molecular weight excluding hydrogens is 1160 g/mol. The minimum absolute atomic E-state index is 0.103. The molecule has 0 aromatic rings. The Balaban J connectivity index is 5.24. The topological polar surface area (TPSA) is 237 Å². The number of ether oxygens (including phenoxy) is 4. The number of hydrogen-bond donors (Lipinski definition) is 3. The molecule has 88 heavy (non-hydrogen) atoms. The third kappa shape index (κ3) is 62.8. The number of rotatable bonds is 67. The fourth-order valence-corrected chi connectivity index (χ4v) is 11.9.